The lowest BCUT2D eigenvalue weighted by atomic mass is 9.96. The van der Waals surface area contributed by atoms with E-state index in [2.05, 4.69) is 30.2 Å². The van der Waals surface area contributed by atoms with Gasteiger partial charge < -0.3 is 10.1 Å². The monoisotopic (exact) mass is 248 g/mol. The van der Waals surface area contributed by atoms with Gasteiger partial charge in [0.05, 0.1) is 12.1 Å². The summed E-state index contributed by atoms with van der Waals surface area (Å²) < 4.78 is 5.94. The van der Waals surface area contributed by atoms with Crippen molar-refractivity contribution in [3.05, 3.63) is 29.6 Å². The van der Waals surface area contributed by atoms with Gasteiger partial charge in [0.25, 0.3) is 0 Å². The molecule has 2 atom stereocenters. The number of nitrogens with zero attached hydrogens (tertiary/aromatic N) is 1. The molecule has 0 amide bonds. The van der Waals surface area contributed by atoms with E-state index >= 15 is 0 Å². The second kappa shape index (κ2) is 6.86. The van der Waals surface area contributed by atoms with Gasteiger partial charge in [0.1, 0.15) is 0 Å². The average molecular weight is 248 g/mol. The Hall–Kier alpha value is -0.930. The number of aryl methyl sites for hydroxylation is 1. The Bertz CT molecular complexity index is 361. The second-order valence-electron chi connectivity index (χ2n) is 5.13. The van der Waals surface area contributed by atoms with Crippen molar-refractivity contribution < 1.29 is 4.74 Å². The molecule has 100 valence electrons. The summed E-state index contributed by atoms with van der Waals surface area (Å²) in [5, 5.41) is 3.62. The first-order valence-electron chi connectivity index (χ1n) is 7.08. The van der Waals surface area contributed by atoms with Crippen LogP contribution in [0.4, 0.5) is 0 Å². The summed E-state index contributed by atoms with van der Waals surface area (Å²) >= 11 is 0. The lowest BCUT2D eigenvalue weighted by Crippen LogP contribution is -2.36. The van der Waals surface area contributed by atoms with Crippen LogP contribution in [0.3, 0.4) is 0 Å². The minimum atomic E-state index is 0.289. The van der Waals surface area contributed by atoms with Crippen molar-refractivity contribution in [1.82, 2.24) is 10.3 Å². The molecule has 2 unspecified atom stereocenters. The lowest BCUT2D eigenvalue weighted by molar-refractivity contribution is -0.00822. The van der Waals surface area contributed by atoms with Gasteiger partial charge in [0.15, 0.2) is 0 Å². The number of rotatable bonds is 5. The molecule has 0 bridgehead atoms. The smallest absolute Gasteiger partial charge is 0.0770 e. The highest BCUT2D eigenvalue weighted by Gasteiger charge is 2.25. The number of ether oxygens (including phenoxy) is 1. The van der Waals surface area contributed by atoms with E-state index in [1.165, 1.54) is 24.0 Å². The van der Waals surface area contributed by atoms with Crippen molar-refractivity contribution in [3.63, 3.8) is 0 Å². The number of hydrogen-bond acceptors (Lipinski definition) is 3. The largest absolute Gasteiger partial charge is 0.376 e. The molecule has 0 spiro atoms. The topological polar surface area (TPSA) is 34.2 Å². The average Bonchev–Trinajstić information content (AvgIpc) is 2.40. The minimum Gasteiger partial charge on any atom is -0.376 e. The molecule has 0 saturated carbocycles. The van der Waals surface area contributed by atoms with Crippen molar-refractivity contribution in [1.29, 1.82) is 0 Å². The molecule has 1 saturated heterocycles. The molecule has 1 aromatic heterocycles. The van der Waals surface area contributed by atoms with E-state index in [1.807, 2.05) is 12.4 Å². The maximum absolute atomic E-state index is 5.94. The quantitative estimate of drug-likeness (QED) is 0.869. The maximum Gasteiger partial charge on any atom is 0.0770 e. The number of nitrogens with one attached hydrogen (secondary N) is 1. The molecule has 1 N–H and O–H groups in total. The third-order valence-corrected chi connectivity index (χ3v) is 3.46. The van der Waals surface area contributed by atoms with E-state index in [4.69, 9.17) is 4.74 Å². The molecule has 3 nitrogen and oxygen atoms in total. The molecule has 1 fully saturated rings. The van der Waals surface area contributed by atoms with E-state index in [9.17, 15) is 0 Å². The lowest BCUT2D eigenvalue weighted by Gasteiger charge is -2.31. The van der Waals surface area contributed by atoms with Gasteiger partial charge in [0.2, 0.25) is 0 Å². The highest BCUT2D eigenvalue weighted by molar-refractivity contribution is 5.21. The van der Waals surface area contributed by atoms with Gasteiger partial charge in [0, 0.05) is 19.0 Å². The van der Waals surface area contributed by atoms with Crippen molar-refractivity contribution in [2.24, 2.45) is 0 Å². The summed E-state index contributed by atoms with van der Waals surface area (Å²) in [6.07, 6.45) is 8.93. The molecule has 1 aliphatic rings. The Morgan fingerprint density at radius 2 is 2.33 bits per heavy atom. The van der Waals surface area contributed by atoms with Gasteiger partial charge in [-0.15, -0.1) is 0 Å². The van der Waals surface area contributed by atoms with Crippen molar-refractivity contribution >= 4 is 0 Å². The maximum atomic E-state index is 5.94. The van der Waals surface area contributed by atoms with Crippen LogP contribution < -0.4 is 5.32 Å². The van der Waals surface area contributed by atoms with Gasteiger partial charge >= 0.3 is 0 Å². The van der Waals surface area contributed by atoms with Crippen LogP contribution in [0, 0.1) is 6.92 Å². The molecule has 0 radical (unpaired) electrons. The molecular formula is C15H24N2O. The third-order valence-electron chi connectivity index (χ3n) is 3.46. The standard InChI is InChI=1S/C15H24N2O/c1-3-7-17-15(14-6-4-5-8-18-14)13-9-12(2)10-16-11-13/h9-11,14-15,17H,3-8H2,1-2H3. The van der Waals surface area contributed by atoms with Crippen LogP contribution in [0.2, 0.25) is 0 Å². The first kappa shape index (κ1) is 13.5. The predicted molar refractivity (Wildman–Crippen MR) is 73.6 cm³/mol. The van der Waals surface area contributed by atoms with E-state index in [0.717, 1.165) is 26.0 Å². The zero-order valence-electron chi connectivity index (χ0n) is 11.5. The van der Waals surface area contributed by atoms with E-state index in [0.29, 0.717) is 6.10 Å². The van der Waals surface area contributed by atoms with Crippen LogP contribution in [0.25, 0.3) is 0 Å². The summed E-state index contributed by atoms with van der Waals surface area (Å²) in [6, 6.07) is 2.51. The summed E-state index contributed by atoms with van der Waals surface area (Å²) in [6.45, 7) is 6.21. The van der Waals surface area contributed by atoms with Crippen LogP contribution in [-0.2, 0) is 4.74 Å². The number of pyridine rings is 1. The first-order valence-corrected chi connectivity index (χ1v) is 7.08. The van der Waals surface area contributed by atoms with Crippen LogP contribution in [0.1, 0.15) is 49.8 Å². The molecule has 1 aliphatic heterocycles. The number of aromatic nitrogens is 1. The Balaban J connectivity index is 2.12. The molecule has 2 heterocycles. The highest BCUT2D eigenvalue weighted by atomic mass is 16.5. The van der Waals surface area contributed by atoms with Crippen LogP contribution in [0.15, 0.2) is 18.5 Å². The summed E-state index contributed by atoms with van der Waals surface area (Å²) in [5.74, 6) is 0. The van der Waals surface area contributed by atoms with E-state index in [1.54, 1.807) is 0 Å². The summed E-state index contributed by atoms with van der Waals surface area (Å²) in [7, 11) is 0. The third kappa shape index (κ3) is 3.53. The molecular weight excluding hydrogens is 224 g/mol. The Kier molecular flexibility index (Phi) is 5.14. The highest BCUT2D eigenvalue weighted by Crippen LogP contribution is 2.26. The second-order valence-corrected chi connectivity index (χ2v) is 5.13. The van der Waals surface area contributed by atoms with Crippen molar-refractivity contribution in [2.45, 2.75) is 51.7 Å². The van der Waals surface area contributed by atoms with Crippen molar-refractivity contribution in [2.75, 3.05) is 13.2 Å². The minimum absolute atomic E-state index is 0.289. The van der Waals surface area contributed by atoms with Crippen LogP contribution in [-0.4, -0.2) is 24.2 Å². The molecule has 0 aromatic carbocycles. The molecule has 3 heteroatoms. The zero-order valence-corrected chi connectivity index (χ0v) is 11.5. The van der Waals surface area contributed by atoms with E-state index in [-0.39, 0.29) is 6.04 Å². The molecule has 1 aromatic rings. The SMILES string of the molecule is CCCNC(c1cncc(C)c1)C1CCCCO1. The van der Waals surface area contributed by atoms with Gasteiger partial charge in [-0.05, 0) is 50.3 Å². The Morgan fingerprint density at radius 1 is 1.44 bits per heavy atom. The van der Waals surface area contributed by atoms with E-state index < -0.39 is 0 Å². The molecule has 2 rings (SSSR count). The summed E-state index contributed by atoms with van der Waals surface area (Å²) in [4.78, 5) is 4.31. The predicted octanol–water partition coefficient (Wildman–Crippen LogP) is 3.00. The number of hydrogen-bond donors (Lipinski definition) is 1. The van der Waals surface area contributed by atoms with Gasteiger partial charge in [-0.3, -0.25) is 4.98 Å². The fourth-order valence-corrected chi connectivity index (χ4v) is 2.54. The Morgan fingerprint density at radius 3 is 3.00 bits per heavy atom. The van der Waals surface area contributed by atoms with Gasteiger partial charge in [-0.25, -0.2) is 0 Å². The normalized spacial score (nSPS) is 21.8. The Labute approximate surface area is 110 Å². The van der Waals surface area contributed by atoms with Gasteiger partial charge in [-0.1, -0.05) is 13.0 Å². The van der Waals surface area contributed by atoms with Crippen LogP contribution >= 0.6 is 0 Å². The molecule has 0 aliphatic carbocycles. The fourth-order valence-electron chi connectivity index (χ4n) is 2.54. The first-order chi connectivity index (χ1) is 8.81. The fraction of sp³-hybridized carbons (Fsp3) is 0.667. The van der Waals surface area contributed by atoms with Gasteiger partial charge in [-0.2, -0.15) is 0 Å². The van der Waals surface area contributed by atoms with Crippen molar-refractivity contribution in [3.8, 4) is 0 Å². The van der Waals surface area contributed by atoms with Crippen LogP contribution in [0.5, 0.6) is 0 Å². The summed E-state index contributed by atoms with van der Waals surface area (Å²) in [5.41, 5.74) is 2.47. The zero-order chi connectivity index (χ0) is 12.8. The molecule has 18 heavy (non-hydrogen) atoms.